The minimum atomic E-state index is -0.658. The summed E-state index contributed by atoms with van der Waals surface area (Å²) in [5.41, 5.74) is 2.43. The summed E-state index contributed by atoms with van der Waals surface area (Å²) in [6.07, 6.45) is 2.95. The molecule has 0 aromatic heterocycles. The average molecular weight is 230 g/mol. The van der Waals surface area contributed by atoms with Crippen LogP contribution in [0.5, 0.6) is 0 Å². The van der Waals surface area contributed by atoms with Gasteiger partial charge in [-0.1, -0.05) is 55.8 Å². The molecule has 2 nitrogen and oxygen atoms in total. The minimum Gasteiger partial charge on any atom is -0.481 e. The first-order chi connectivity index (χ1) is 8.09. The predicted molar refractivity (Wildman–Crippen MR) is 68.5 cm³/mol. The molecule has 0 amide bonds. The van der Waals surface area contributed by atoms with E-state index in [0.29, 0.717) is 5.92 Å². The van der Waals surface area contributed by atoms with Crippen LogP contribution in [0.4, 0.5) is 0 Å². The minimum absolute atomic E-state index is 0.160. The number of carbonyl (C=O) groups is 1. The van der Waals surface area contributed by atoms with Crippen molar-refractivity contribution < 1.29 is 9.90 Å². The molecule has 2 rings (SSSR count). The fraction of sp³-hybridized carbons (Fsp3) is 0.400. The van der Waals surface area contributed by atoms with E-state index in [1.807, 2.05) is 18.2 Å². The van der Waals surface area contributed by atoms with Gasteiger partial charge in [-0.25, -0.2) is 0 Å². The first-order valence-corrected chi connectivity index (χ1v) is 6.09. The van der Waals surface area contributed by atoms with E-state index < -0.39 is 5.97 Å². The Balaban J connectivity index is 2.20. The normalized spacial score (nSPS) is 23.8. The maximum absolute atomic E-state index is 10.9. The lowest BCUT2D eigenvalue weighted by Crippen LogP contribution is -2.04. The van der Waals surface area contributed by atoms with Crippen LogP contribution < -0.4 is 0 Å². The van der Waals surface area contributed by atoms with Crippen molar-refractivity contribution >= 4 is 12.0 Å². The van der Waals surface area contributed by atoms with Crippen LogP contribution in [0.1, 0.15) is 25.8 Å². The van der Waals surface area contributed by atoms with Crippen molar-refractivity contribution in [1.29, 1.82) is 0 Å². The van der Waals surface area contributed by atoms with E-state index in [4.69, 9.17) is 5.11 Å². The van der Waals surface area contributed by atoms with Crippen molar-refractivity contribution in [3.63, 3.8) is 0 Å². The molecule has 1 N–H and O–H groups in total. The predicted octanol–water partition coefficient (Wildman–Crippen LogP) is 3.45. The Hall–Kier alpha value is -1.57. The SMILES string of the molecule is CC(C)/C(=C\c1ccccc1)C1CC1C(=O)O. The van der Waals surface area contributed by atoms with Gasteiger partial charge in [0.1, 0.15) is 0 Å². The molecule has 0 spiro atoms. The molecule has 17 heavy (non-hydrogen) atoms. The standard InChI is InChI=1S/C15H18O2/c1-10(2)12(13-9-14(13)15(16)17)8-11-6-4-3-5-7-11/h3-8,10,13-14H,9H2,1-2H3,(H,16,17)/b12-8+. The maximum Gasteiger partial charge on any atom is 0.307 e. The van der Waals surface area contributed by atoms with Gasteiger partial charge in [0.2, 0.25) is 0 Å². The summed E-state index contributed by atoms with van der Waals surface area (Å²) in [5.74, 6) is -0.167. The largest absolute Gasteiger partial charge is 0.481 e. The Kier molecular flexibility index (Phi) is 3.32. The molecule has 0 radical (unpaired) electrons. The molecular formula is C15H18O2. The van der Waals surface area contributed by atoms with E-state index in [1.54, 1.807) is 0 Å². The van der Waals surface area contributed by atoms with E-state index in [1.165, 1.54) is 5.57 Å². The molecule has 1 aliphatic rings. The first kappa shape index (κ1) is 11.9. The molecule has 2 unspecified atom stereocenters. The summed E-state index contributed by atoms with van der Waals surface area (Å²) in [4.78, 5) is 10.9. The molecular weight excluding hydrogens is 212 g/mol. The Bertz CT molecular complexity index is 431. The van der Waals surface area contributed by atoms with Crippen LogP contribution in [0.25, 0.3) is 6.08 Å². The van der Waals surface area contributed by atoms with Crippen LogP contribution in [-0.2, 0) is 4.79 Å². The van der Waals surface area contributed by atoms with Crippen molar-refractivity contribution in [3.8, 4) is 0 Å². The zero-order valence-corrected chi connectivity index (χ0v) is 10.3. The third-order valence-corrected chi connectivity index (χ3v) is 3.34. The highest BCUT2D eigenvalue weighted by molar-refractivity contribution is 5.75. The molecule has 1 aromatic carbocycles. The summed E-state index contributed by atoms with van der Waals surface area (Å²) < 4.78 is 0. The highest BCUT2D eigenvalue weighted by Gasteiger charge is 2.45. The second-order valence-electron chi connectivity index (χ2n) is 5.00. The van der Waals surface area contributed by atoms with Gasteiger partial charge in [0.15, 0.2) is 0 Å². The van der Waals surface area contributed by atoms with Gasteiger partial charge in [-0.05, 0) is 23.8 Å². The van der Waals surface area contributed by atoms with Gasteiger partial charge in [-0.15, -0.1) is 0 Å². The third kappa shape index (κ3) is 2.76. The van der Waals surface area contributed by atoms with E-state index in [2.05, 4.69) is 32.1 Å². The van der Waals surface area contributed by atoms with Crippen molar-refractivity contribution in [3.05, 3.63) is 41.5 Å². The molecule has 1 fully saturated rings. The fourth-order valence-corrected chi connectivity index (χ4v) is 2.28. The Morgan fingerprint density at radius 1 is 1.29 bits per heavy atom. The molecule has 1 aliphatic carbocycles. The van der Waals surface area contributed by atoms with Crippen LogP contribution in [0.2, 0.25) is 0 Å². The molecule has 0 aliphatic heterocycles. The quantitative estimate of drug-likeness (QED) is 0.860. The van der Waals surface area contributed by atoms with E-state index >= 15 is 0 Å². The number of allylic oxidation sites excluding steroid dienone is 1. The van der Waals surface area contributed by atoms with E-state index in [9.17, 15) is 4.79 Å². The second kappa shape index (κ2) is 4.74. The number of carboxylic acids is 1. The Morgan fingerprint density at radius 3 is 2.41 bits per heavy atom. The van der Waals surface area contributed by atoms with Crippen LogP contribution in [-0.4, -0.2) is 11.1 Å². The van der Waals surface area contributed by atoms with Crippen LogP contribution >= 0.6 is 0 Å². The monoisotopic (exact) mass is 230 g/mol. The Labute approximate surface area is 102 Å². The van der Waals surface area contributed by atoms with Gasteiger partial charge in [0, 0.05) is 0 Å². The van der Waals surface area contributed by atoms with Crippen LogP contribution in [0, 0.1) is 17.8 Å². The van der Waals surface area contributed by atoms with E-state index in [0.717, 1.165) is 12.0 Å². The highest BCUT2D eigenvalue weighted by Crippen LogP contribution is 2.47. The zero-order valence-electron chi connectivity index (χ0n) is 10.3. The lowest BCUT2D eigenvalue weighted by molar-refractivity contribution is -0.138. The summed E-state index contributed by atoms with van der Waals surface area (Å²) in [7, 11) is 0. The fourth-order valence-electron chi connectivity index (χ4n) is 2.28. The number of hydrogen-bond donors (Lipinski definition) is 1. The van der Waals surface area contributed by atoms with Gasteiger partial charge in [0.25, 0.3) is 0 Å². The third-order valence-electron chi connectivity index (χ3n) is 3.34. The van der Waals surface area contributed by atoms with E-state index in [-0.39, 0.29) is 11.8 Å². The smallest absolute Gasteiger partial charge is 0.307 e. The molecule has 90 valence electrons. The van der Waals surface area contributed by atoms with Gasteiger partial charge in [-0.2, -0.15) is 0 Å². The van der Waals surface area contributed by atoms with Crippen molar-refractivity contribution in [2.45, 2.75) is 20.3 Å². The van der Waals surface area contributed by atoms with Gasteiger partial charge in [-0.3, -0.25) is 4.79 Å². The number of rotatable bonds is 4. The highest BCUT2D eigenvalue weighted by atomic mass is 16.4. The Morgan fingerprint density at radius 2 is 1.94 bits per heavy atom. The molecule has 0 bridgehead atoms. The lowest BCUT2D eigenvalue weighted by Gasteiger charge is -2.11. The number of hydrogen-bond acceptors (Lipinski definition) is 1. The zero-order chi connectivity index (χ0) is 12.4. The molecule has 0 saturated heterocycles. The van der Waals surface area contributed by atoms with Crippen molar-refractivity contribution in [2.75, 3.05) is 0 Å². The summed E-state index contributed by atoms with van der Waals surface area (Å²) in [5, 5.41) is 8.99. The van der Waals surface area contributed by atoms with Crippen molar-refractivity contribution in [2.24, 2.45) is 17.8 Å². The molecule has 2 heteroatoms. The second-order valence-corrected chi connectivity index (χ2v) is 5.00. The van der Waals surface area contributed by atoms with Crippen LogP contribution in [0.3, 0.4) is 0 Å². The lowest BCUT2D eigenvalue weighted by atomic mass is 9.95. The average Bonchev–Trinajstić information content (AvgIpc) is 3.07. The van der Waals surface area contributed by atoms with Crippen LogP contribution in [0.15, 0.2) is 35.9 Å². The number of carboxylic acid groups (broad SMARTS) is 1. The molecule has 1 aromatic rings. The van der Waals surface area contributed by atoms with Gasteiger partial charge >= 0.3 is 5.97 Å². The maximum atomic E-state index is 10.9. The topological polar surface area (TPSA) is 37.3 Å². The number of benzene rings is 1. The van der Waals surface area contributed by atoms with Gasteiger partial charge < -0.3 is 5.11 Å². The summed E-state index contributed by atoms with van der Waals surface area (Å²) >= 11 is 0. The number of aliphatic carboxylic acids is 1. The first-order valence-electron chi connectivity index (χ1n) is 6.09. The molecule has 1 saturated carbocycles. The summed E-state index contributed by atoms with van der Waals surface area (Å²) in [6.45, 7) is 4.26. The van der Waals surface area contributed by atoms with Gasteiger partial charge in [0.05, 0.1) is 5.92 Å². The molecule has 0 heterocycles. The molecule has 2 atom stereocenters. The van der Waals surface area contributed by atoms with Crippen molar-refractivity contribution in [1.82, 2.24) is 0 Å². The summed E-state index contributed by atoms with van der Waals surface area (Å²) in [6, 6.07) is 10.1.